The summed E-state index contributed by atoms with van der Waals surface area (Å²) in [6, 6.07) is 8.02. The van der Waals surface area contributed by atoms with Gasteiger partial charge in [-0.15, -0.1) is 10.2 Å². The molecule has 0 bridgehead atoms. The molecule has 96 valence electrons. The van der Waals surface area contributed by atoms with E-state index in [1.807, 2.05) is 31.2 Å². The highest BCUT2D eigenvalue weighted by atomic mass is 16.4. The van der Waals surface area contributed by atoms with Gasteiger partial charge < -0.3 is 9.73 Å². The van der Waals surface area contributed by atoms with Crippen molar-refractivity contribution in [3.05, 3.63) is 35.7 Å². The average Bonchev–Trinajstić information content (AvgIpc) is 2.84. The minimum absolute atomic E-state index is 0.598. The molecule has 0 saturated heterocycles. The number of rotatable bonds is 6. The van der Waals surface area contributed by atoms with Gasteiger partial charge in [-0.2, -0.15) is 0 Å². The van der Waals surface area contributed by atoms with Crippen LogP contribution in [0.2, 0.25) is 0 Å². The molecule has 0 fully saturated rings. The van der Waals surface area contributed by atoms with Gasteiger partial charge in [0.25, 0.3) is 0 Å². The van der Waals surface area contributed by atoms with Crippen molar-refractivity contribution in [2.45, 2.75) is 33.2 Å². The quantitative estimate of drug-likeness (QED) is 0.795. The number of aryl methyl sites for hydroxylation is 1. The third kappa shape index (κ3) is 3.17. The molecule has 0 unspecified atom stereocenters. The van der Waals surface area contributed by atoms with Gasteiger partial charge in [-0.05, 0) is 31.5 Å². The lowest BCUT2D eigenvalue weighted by Gasteiger charge is -2.00. The van der Waals surface area contributed by atoms with Crippen molar-refractivity contribution in [1.29, 1.82) is 0 Å². The Kier molecular flexibility index (Phi) is 4.47. The van der Waals surface area contributed by atoms with Gasteiger partial charge in [0.15, 0.2) is 0 Å². The van der Waals surface area contributed by atoms with Crippen molar-refractivity contribution in [2.24, 2.45) is 0 Å². The molecule has 0 spiro atoms. The van der Waals surface area contributed by atoms with Gasteiger partial charge in [-0.3, -0.25) is 0 Å². The van der Waals surface area contributed by atoms with Gasteiger partial charge in [-0.1, -0.05) is 31.5 Å². The van der Waals surface area contributed by atoms with Crippen LogP contribution >= 0.6 is 0 Å². The molecule has 18 heavy (non-hydrogen) atoms. The van der Waals surface area contributed by atoms with Crippen LogP contribution in [0, 0.1) is 6.92 Å². The fourth-order valence-corrected chi connectivity index (χ4v) is 1.74. The van der Waals surface area contributed by atoms with Crippen LogP contribution in [0.15, 0.2) is 28.7 Å². The second-order valence-corrected chi connectivity index (χ2v) is 4.35. The molecule has 1 aromatic carbocycles. The van der Waals surface area contributed by atoms with E-state index in [9.17, 15) is 0 Å². The zero-order chi connectivity index (χ0) is 12.8. The minimum Gasteiger partial charge on any atom is -0.419 e. The number of nitrogens with one attached hydrogen (secondary N) is 1. The van der Waals surface area contributed by atoms with E-state index in [0.29, 0.717) is 18.3 Å². The maximum Gasteiger partial charge on any atom is 0.248 e. The predicted octanol–water partition coefficient (Wildman–Crippen LogP) is 2.93. The number of nitrogens with zero attached hydrogens (tertiary/aromatic N) is 2. The Bertz CT molecular complexity index is 493. The van der Waals surface area contributed by atoms with E-state index in [1.165, 1.54) is 12.8 Å². The number of aromatic nitrogens is 2. The number of unbranched alkanes of at least 4 members (excludes halogenated alkanes) is 1. The fraction of sp³-hybridized carbons (Fsp3) is 0.429. The van der Waals surface area contributed by atoms with Crippen molar-refractivity contribution in [3.8, 4) is 11.5 Å². The summed E-state index contributed by atoms with van der Waals surface area (Å²) < 4.78 is 5.65. The van der Waals surface area contributed by atoms with E-state index in [0.717, 1.165) is 17.7 Å². The van der Waals surface area contributed by atoms with Crippen LogP contribution in [0.4, 0.5) is 0 Å². The Morgan fingerprint density at radius 1 is 1.22 bits per heavy atom. The average molecular weight is 245 g/mol. The van der Waals surface area contributed by atoms with E-state index in [4.69, 9.17) is 4.42 Å². The molecular weight excluding hydrogens is 226 g/mol. The number of hydrogen-bond acceptors (Lipinski definition) is 4. The molecule has 1 heterocycles. The highest BCUT2D eigenvalue weighted by Gasteiger charge is 2.09. The molecule has 0 aliphatic rings. The Balaban J connectivity index is 2.00. The Morgan fingerprint density at radius 3 is 2.83 bits per heavy atom. The Morgan fingerprint density at radius 2 is 2.06 bits per heavy atom. The van der Waals surface area contributed by atoms with Crippen molar-refractivity contribution in [3.63, 3.8) is 0 Å². The summed E-state index contributed by atoms with van der Waals surface area (Å²) in [6.07, 6.45) is 2.35. The van der Waals surface area contributed by atoms with Crippen molar-refractivity contribution >= 4 is 0 Å². The number of hydrogen-bond donors (Lipinski definition) is 1. The van der Waals surface area contributed by atoms with Gasteiger partial charge in [0.05, 0.1) is 6.54 Å². The van der Waals surface area contributed by atoms with Crippen LogP contribution in [0.3, 0.4) is 0 Å². The van der Waals surface area contributed by atoms with Gasteiger partial charge in [0, 0.05) is 5.56 Å². The molecule has 0 atom stereocenters. The van der Waals surface area contributed by atoms with E-state index < -0.39 is 0 Å². The van der Waals surface area contributed by atoms with Gasteiger partial charge in [-0.25, -0.2) is 0 Å². The first kappa shape index (κ1) is 12.8. The maximum atomic E-state index is 5.65. The number of benzene rings is 1. The van der Waals surface area contributed by atoms with Crippen LogP contribution in [0.1, 0.15) is 31.2 Å². The standard InChI is InChI=1S/C14H19N3O/c1-3-4-9-15-10-13-16-17-14(18-13)12-8-6-5-7-11(12)2/h5-8,15H,3-4,9-10H2,1-2H3. The summed E-state index contributed by atoms with van der Waals surface area (Å²) in [5, 5.41) is 11.4. The molecule has 0 amide bonds. The zero-order valence-corrected chi connectivity index (χ0v) is 10.9. The molecule has 0 saturated carbocycles. The summed E-state index contributed by atoms with van der Waals surface area (Å²) in [4.78, 5) is 0. The summed E-state index contributed by atoms with van der Waals surface area (Å²) in [5.41, 5.74) is 2.15. The second-order valence-electron chi connectivity index (χ2n) is 4.35. The molecule has 2 rings (SSSR count). The molecule has 0 aliphatic heterocycles. The normalized spacial score (nSPS) is 10.8. The topological polar surface area (TPSA) is 51.0 Å². The lowest BCUT2D eigenvalue weighted by Crippen LogP contribution is -2.14. The molecule has 4 nitrogen and oxygen atoms in total. The van der Waals surface area contributed by atoms with Gasteiger partial charge in [0.2, 0.25) is 11.8 Å². The predicted molar refractivity (Wildman–Crippen MR) is 71.1 cm³/mol. The molecule has 0 radical (unpaired) electrons. The summed E-state index contributed by atoms with van der Waals surface area (Å²) in [5.74, 6) is 1.24. The highest BCUT2D eigenvalue weighted by Crippen LogP contribution is 2.21. The molecule has 2 aromatic rings. The maximum absolute atomic E-state index is 5.65. The van der Waals surface area contributed by atoms with E-state index in [1.54, 1.807) is 0 Å². The minimum atomic E-state index is 0.598. The van der Waals surface area contributed by atoms with Crippen molar-refractivity contribution in [2.75, 3.05) is 6.54 Å². The van der Waals surface area contributed by atoms with Crippen molar-refractivity contribution < 1.29 is 4.42 Å². The van der Waals surface area contributed by atoms with Crippen LogP contribution < -0.4 is 5.32 Å². The summed E-state index contributed by atoms with van der Waals surface area (Å²) >= 11 is 0. The van der Waals surface area contributed by atoms with E-state index >= 15 is 0 Å². The first-order valence-corrected chi connectivity index (χ1v) is 6.40. The molecule has 0 aliphatic carbocycles. The summed E-state index contributed by atoms with van der Waals surface area (Å²) in [7, 11) is 0. The Labute approximate surface area is 107 Å². The second kappa shape index (κ2) is 6.31. The van der Waals surface area contributed by atoms with Crippen LogP contribution in [-0.2, 0) is 6.54 Å². The monoisotopic (exact) mass is 245 g/mol. The zero-order valence-electron chi connectivity index (χ0n) is 10.9. The van der Waals surface area contributed by atoms with Gasteiger partial charge in [0.1, 0.15) is 0 Å². The smallest absolute Gasteiger partial charge is 0.248 e. The van der Waals surface area contributed by atoms with Crippen LogP contribution in [-0.4, -0.2) is 16.7 Å². The van der Waals surface area contributed by atoms with Gasteiger partial charge >= 0.3 is 0 Å². The SMILES string of the molecule is CCCCNCc1nnc(-c2ccccc2C)o1. The largest absolute Gasteiger partial charge is 0.419 e. The van der Waals surface area contributed by atoms with E-state index in [-0.39, 0.29) is 0 Å². The van der Waals surface area contributed by atoms with E-state index in [2.05, 4.69) is 22.4 Å². The highest BCUT2D eigenvalue weighted by molar-refractivity contribution is 5.57. The lowest BCUT2D eigenvalue weighted by atomic mass is 10.1. The molecule has 1 N–H and O–H groups in total. The molecule has 4 heteroatoms. The first-order valence-electron chi connectivity index (χ1n) is 6.40. The van der Waals surface area contributed by atoms with Crippen molar-refractivity contribution in [1.82, 2.24) is 15.5 Å². The Hall–Kier alpha value is -1.68. The summed E-state index contributed by atoms with van der Waals surface area (Å²) in [6.45, 7) is 5.83. The molecule has 1 aromatic heterocycles. The third-order valence-electron chi connectivity index (χ3n) is 2.83. The van der Waals surface area contributed by atoms with Crippen LogP contribution in [0.25, 0.3) is 11.5 Å². The fourth-order valence-electron chi connectivity index (χ4n) is 1.74. The lowest BCUT2D eigenvalue weighted by molar-refractivity contribution is 0.474. The molecular formula is C14H19N3O. The first-order chi connectivity index (χ1) is 8.81. The third-order valence-corrected chi connectivity index (χ3v) is 2.83. The van der Waals surface area contributed by atoms with Crippen LogP contribution in [0.5, 0.6) is 0 Å².